The van der Waals surface area contributed by atoms with Crippen molar-refractivity contribution in [3.8, 4) is 0 Å². The highest BCUT2D eigenvalue weighted by Crippen LogP contribution is 2.67. The molecule has 1 saturated heterocycles. The van der Waals surface area contributed by atoms with Crippen molar-refractivity contribution in [1.29, 1.82) is 0 Å². The molecule has 0 spiro atoms. The van der Waals surface area contributed by atoms with Gasteiger partial charge in [0.1, 0.15) is 0 Å². The van der Waals surface area contributed by atoms with Crippen molar-refractivity contribution in [2.75, 3.05) is 33.3 Å². The molecule has 6 rings (SSSR count). The molecule has 126 valence electrons. The van der Waals surface area contributed by atoms with E-state index in [1.165, 1.54) is 39.5 Å². The number of methoxy groups -OCH3 is 1. The highest BCUT2D eigenvalue weighted by atomic mass is 16.5. The molecule has 2 bridgehead atoms. The summed E-state index contributed by atoms with van der Waals surface area (Å²) >= 11 is 0. The van der Waals surface area contributed by atoms with Gasteiger partial charge in [-0.05, 0) is 31.4 Å². The molecule has 0 amide bonds. The average Bonchev–Trinajstić information content (AvgIpc) is 2.95. The van der Waals surface area contributed by atoms with Crippen molar-refractivity contribution in [2.24, 2.45) is 0 Å². The van der Waals surface area contributed by atoms with E-state index >= 15 is 0 Å². The SMILES string of the molecule is COC(=O)c1ccc2cn(C34CC(N5CCNCC5)(C3)C4)nc2c1. The Bertz CT molecular complexity index is 802. The molecular formula is C18H22N4O2. The van der Waals surface area contributed by atoms with Crippen molar-refractivity contribution < 1.29 is 9.53 Å². The van der Waals surface area contributed by atoms with Crippen LogP contribution in [-0.2, 0) is 10.3 Å². The Morgan fingerprint density at radius 2 is 1.96 bits per heavy atom. The van der Waals surface area contributed by atoms with E-state index in [9.17, 15) is 4.79 Å². The highest BCUT2D eigenvalue weighted by molar-refractivity contribution is 5.94. The van der Waals surface area contributed by atoms with Crippen LogP contribution in [0.25, 0.3) is 10.9 Å². The molecule has 6 nitrogen and oxygen atoms in total. The maximum atomic E-state index is 11.7. The van der Waals surface area contributed by atoms with Crippen LogP contribution in [0.15, 0.2) is 24.4 Å². The summed E-state index contributed by atoms with van der Waals surface area (Å²) in [4.78, 5) is 14.4. The Morgan fingerprint density at radius 1 is 1.21 bits per heavy atom. The summed E-state index contributed by atoms with van der Waals surface area (Å²) in [5, 5.41) is 9.30. The molecule has 24 heavy (non-hydrogen) atoms. The van der Waals surface area contributed by atoms with Gasteiger partial charge in [-0.15, -0.1) is 0 Å². The molecule has 1 aromatic heterocycles. The van der Waals surface area contributed by atoms with Crippen LogP contribution < -0.4 is 5.32 Å². The third-order valence-corrected chi connectivity index (χ3v) is 6.18. The number of hydrogen-bond donors (Lipinski definition) is 1. The second kappa shape index (κ2) is 4.80. The van der Waals surface area contributed by atoms with Crippen LogP contribution >= 0.6 is 0 Å². The standard InChI is InChI=1S/C18H22N4O2/c1-24-16(23)13-2-3-14-9-22(20-15(14)8-13)18-10-17(11-18,12-18)21-6-4-19-5-7-21/h2-3,8-9,19H,4-7,10-12H2,1H3. The van der Waals surface area contributed by atoms with Crippen LogP contribution in [-0.4, -0.2) is 59.5 Å². The summed E-state index contributed by atoms with van der Waals surface area (Å²) in [7, 11) is 1.41. The number of carbonyl (C=O) groups excluding carboxylic acids is 1. The number of benzene rings is 1. The lowest BCUT2D eigenvalue weighted by atomic mass is 9.43. The van der Waals surface area contributed by atoms with Crippen molar-refractivity contribution >= 4 is 16.9 Å². The van der Waals surface area contributed by atoms with Gasteiger partial charge >= 0.3 is 5.97 Å². The summed E-state index contributed by atoms with van der Waals surface area (Å²) < 4.78 is 6.95. The van der Waals surface area contributed by atoms with Gasteiger partial charge < -0.3 is 10.1 Å². The molecule has 1 N–H and O–H groups in total. The molecule has 3 aliphatic carbocycles. The maximum absolute atomic E-state index is 11.7. The minimum Gasteiger partial charge on any atom is -0.465 e. The summed E-state index contributed by atoms with van der Waals surface area (Å²) in [6.45, 7) is 4.55. The molecular weight excluding hydrogens is 304 g/mol. The second-order valence-corrected chi connectivity index (χ2v) is 7.55. The van der Waals surface area contributed by atoms with Crippen molar-refractivity contribution in [1.82, 2.24) is 20.0 Å². The number of aromatic nitrogens is 2. The second-order valence-electron chi connectivity index (χ2n) is 7.55. The topological polar surface area (TPSA) is 59.4 Å². The van der Waals surface area contributed by atoms with Gasteiger partial charge in [-0.2, -0.15) is 5.10 Å². The number of ether oxygens (including phenoxy) is 1. The lowest BCUT2D eigenvalue weighted by Crippen LogP contribution is -2.80. The van der Waals surface area contributed by atoms with Crippen LogP contribution in [0.3, 0.4) is 0 Å². The van der Waals surface area contributed by atoms with E-state index < -0.39 is 0 Å². The van der Waals surface area contributed by atoms with Crippen molar-refractivity contribution in [2.45, 2.75) is 30.3 Å². The Hall–Kier alpha value is -1.92. The quantitative estimate of drug-likeness (QED) is 0.863. The van der Waals surface area contributed by atoms with Gasteiger partial charge in [0.05, 0.1) is 23.7 Å². The molecule has 6 heteroatoms. The first-order valence-corrected chi connectivity index (χ1v) is 8.68. The number of esters is 1. The van der Waals surface area contributed by atoms with Gasteiger partial charge in [-0.25, -0.2) is 4.79 Å². The first-order valence-electron chi connectivity index (χ1n) is 8.68. The molecule has 1 aliphatic heterocycles. The molecule has 2 heterocycles. The van der Waals surface area contributed by atoms with E-state index in [2.05, 4.69) is 21.1 Å². The number of piperazine rings is 1. The summed E-state index contributed by atoms with van der Waals surface area (Å²) in [5.41, 5.74) is 2.07. The first-order chi connectivity index (χ1) is 11.6. The lowest BCUT2D eigenvalue weighted by molar-refractivity contribution is -0.213. The number of hydrogen-bond acceptors (Lipinski definition) is 5. The van der Waals surface area contributed by atoms with Gasteiger partial charge in [0.2, 0.25) is 0 Å². The van der Waals surface area contributed by atoms with Gasteiger partial charge in [-0.3, -0.25) is 9.58 Å². The third-order valence-electron chi connectivity index (χ3n) is 6.18. The van der Waals surface area contributed by atoms with Crippen LogP contribution in [0, 0.1) is 0 Å². The Morgan fingerprint density at radius 3 is 2.67 bits per heavy atom. The van der Waals surface area contributed by atoms with Gasteiger partial charge in [-0.1, -0.05) is 6.07 Å². The molecule has 3 saturated carbocycles. The zero-order chi connectivity index (χ0) is 16.4. The predicted molar refractivity (Wildman–Crippen MR) is 90.1 cm³/mol. The van der Waals surface area contributed by atoms with Crippen LogP contribution in [0.1, 0.15) is 29.6 Å². The van der Waals surface area contributed by atoms with Crippen LogP contribution in [0.5, 0.6) is 0 Å². The number of rotatable bonds is 3. The molecule has 0 radical (unpaired) electrons. The monoisotopic (exact) mass is 326 g/mol. The number of carbonyl (C=O) groups is 1. The highest BCUT2D eigenvalue weighted by Gasteiger charge is 2.71. The van der Waals surface area contributed by atoms with Gasteiger partial charge in [0.25, 0.3) is 0 Å². The van der Waals surface area contributed by atoms with Gasteiger partial charge in [0.15, 0.2) is 0 Å². The summed E-state index contributed by atoms with van der Waals surface area (Å²) in [5.74, 6) is -0.311. The molecule has 0 atom stereocenters. The van der Waals surface area contributed by atoms with Crippen LogP contribution in [0.4, 0.5) is 0 Å². The lowest BCUT2D eigenvalue weighted by Gasteiger charge is -2.74. The fourth-order valence-corrected chi connectivity index (χ4v) is 4.90. The molecule has 0 unspecified atom stereocenters. The van der Waals surface area contributed by atoms with E-state index in [4.69, 9.17) is 9.84 Å². The van der Waals surface area contributed by atoms with E-state index in [1.807, 2.05) is 18.2 Å². The summed E-state index contributed by atoms with van der Waals surface area (Å²) in [6.07, 6.45) is 5.75. The Labute approximate surface area is 140 Å². The van der Waals surface area contributed by atoms with E-state index in [1.54, 1.807) is 0 Å². The summed E-state index contributed by atoms with van der Waals surface area (Å²) in [6, 6.07) is 5.60. The van der Waals surface area contributed by atoms with Crippen LogP contribution in [0.2, 0.25) is 0 Å². The third kappa shape index (κ3) is 1.84. The first kappa shape index (κ1) is 14.4. The largest absolute Gasteiger partial charge is 0.465 e. The fourth-order valence-electron chi connectivity index (χ4n) is 4.90. The molecule has 2 aromatic rings. The number of fused-ring (bicyclic) bond motifs is 1. The Balaban J connectivity index is 1.38. The molecule has 1 aromatic carbocycles. The minimum atomic E-state index is -0.311. The van der Waals surface area contributed by atoms with E-state index in [-0.39, 0.29) is 11.5 Å². The zero-order valence-corrected chi connectivity index (χ0v) is 13.9. The number of nitrogens with zero attached hydrogens (tertiary/aromatic N) is 3. The average molecular weight is 326 g/mol. The van der Waals surface area contributed by atoms with Crippen molar-refractivity contribution in [3.05, 3.63) is 30.0 Å². The molecule has 4 fully saturated rings. The molecule has 4 aliphatic rings. The van der Waals surface area contributed by atoms with E-state index in [0.717, 1.165) is 24.0 Å². The normalized spacial score (nSPS) is 32.2. The van der Waals surface area contributed by atoms with Crippen molar-refractivity contribution in [3.63, 3.8) is 0 Å². The minimum absolute atomic E-state index is 0.204. The fraction of sp³-hybridized carbons (Fsp3) is 0.556. The van der Waals surface area contributed by atoms with Gasteiger partial charge in [0, 0.05) is 43.3 Å². The predicted octanol–water partition coefficient (Wildman–Crippen LogP) is 1.36. The maximum Gasteiger partial charge on any atom is 0.337 e. The number of nitrogens with one attached hydrogen (secondary N) is 1. The zero-order valence-electron chi connectivity index (χ0n) is 13.9. The van der Waals surface area contributed by atoms with E-state index in [0.29, 0.717) is 11.1 Å². The Kier molecular flexibility index (Phi) is 2.89. The smallest absolute Gasteiger partial charge is 0.337 e.